The largest absolute Gasteiger partial charge is 0.481 e. The second-order valence-electron chi connectivity index (χ2n) is 4.43. The van der Waals surface area contributed by atoms with Crippen molar-refractivity contribution in [2.45, 2.75) is 0 Å². The molecule has 0 aliphatic rings. The maximum Gasteiger partial charge on any atom is 0.344 e. The van der Waals surface area contributed by atoms with Gasteiger partial charge in [-0.25, -0.2) is 4.79 Å². The SMILES string of the molecule is C=CCN(CC=C)C(=O)COC(=O)COc1ccccc1C#N. The third kappa shape index (κ3) is 6.06. The van der Waals surface area contributed by atoms with Crippen LogP contribution >= 0.6 is 0 Å². The van der Waals surface area contributed by atoms with Gasteiger partial charge in [-0.2, -0.15) is 5.26 Å². The molecule has 1 rings (SSSR count). The van der Waals surface area contributed by atoms with Crippen LogP contribution in [0, 0.1) is 11.3 Å². The van der Waals surface area contributed by atoms with Crippen molar-refractivity contribution < 1.29 is 19.1 Å². The van der Waals surface area contributed by atoms with E-state index in [9.17, 15) is 9.59 Å². The van der Waals surface area contributed by atoms with E-state index >= 15 is 0 Å². The molecule has 0 unspecified atom stereocenters. The molecule has 0 bridgehead atoms. The highest BCUT2D eigenvalue weighted by atomic mass is 16.6. The Balaban J connectivity index is 2.45. The number of hydrogen-bond acceptors (Lipinski definition) is 5. The summed E-state index contributed by atoms with van der Waals surface area (Å²) >= 11 is 0. The highest BCUT2D eigenvalue weighted by Gasteiger charge is 2.14. The Bertz CT molecular complexity index is 609. The number of hydrogen-bond donors (Lipinski definition) is 0. The van der Waals surface area contributed by atoms with Crippen molar-refractivity contribution in [3.8, 4) is 11.8 Å². The van der Waals surface area contributed by atoms with Gasteiger partial charge in [-0.3, -0.25) is 4.79 Å². The van der Waals surface area contributed by atoms with Gasteiger partial charge in [-0.1, -0.05) is 24.3 Å². The van der Waals surface area contributed by atoms with Gasteiger partial charge in [0.15, 0.2) is 13.2 Å². The van der Waals surface area contributed by atoms with Crippen LogP contribution in [0.15, 0.2) is 49.6 Å². The van der Waals surface area contributed by atoms with Gasteiger partial charge < -0.3 is 14.4 Å². The molecule has 1 aromatic rings. The second kappa shape index (κ2) is 9.79. The number of nitrogens with zero attached hydrogens (tertiary/aromatic N) is 2. The molecule has 0 heterocycles. The number of nitriles is 1. The number of para-hydroxylation sites is 1. The molecule has 0 saturated carbocycles. The Morgan fingerprint density at radius 3 is 2.43 bits per heavy atom. The topological polar surface area (TPSA) is 79.6 Å². The first-order chi connectivity index (χ1) is 11.1. The van der Waals surface area contributed by atoms with Crippen LogP contribution in [0.1, 0.15) is 5.56 Å². The molecule has 0 saturated heterocycles. The number of carbonyl (C=O) groups is 2. The summed E-state index contributed by atoms with van der Waals surface area (Å²) in [5.41, 5.74) is 0.319. The molecule has 0 aliphatic heterocycles. The van der Waals surface area contributed by atoms with E-state index in [-0.39, 0.29) is 19.1 Å². The zero-order chi connectivity index (χ0) is 17.1. The molecule has 0 fully saturated rings. The van der Waals surface area contributed by atoms with Gasteiger partial charge in [0.05, 0.1) is 5.56 Å². The van der Waals surface area contributed by atoms with E-state index in [1.54, 1.807) is 36.4 Å². The molecule has 0 atom stereocenters. The summed E-state index contributed by atoms with van der Waals surface area (Å²) in [6.45, 7) is 7.03. The number of esters is 1. The normalized spacial score (nSPS) is 9.35. The van der Waals surface area contributed by atoms with Crippen molar-refractivity contribution in [1.82, 2.24) is 4.90 Å². The van der Waals surface area contributed by atoms with Crippen molar-refractivity contribution in [2.24, 2.45) is 0 Å². The summed E-state index contributed by atoms with van der Waals surface area (Å²) in [4.78, 5) is 24.9. The van der Waals surface area contributed by atoms with E-state index in [2.05, 4.69) is 13.2 Å². The first-order valence-corrected chi connectivity index (χ1v) is 6.89. The fraction of sp³-hybridized carbons (Fsp3) is 0.235. The molecule has 0 aromatic heterocycles. The van der Waals surface area contributed by atoms with Gasteiger partial charge in [-0.05, 0) is 12.1 Å². The summed E-state index contributed by atoms with van der Waals surface area (Å²) < 4.78 is 10.1. The van der Waals surface area contributed by atoms with E-state index in [1.807, 2.05) is 6.07 Å². The number of rotatable bonds is 9. The minimum Gasteiger partial charge on any atom is -0.481 e. The molecule has 6 heteroatoms. The molecule has 1 aromatic carbocycles. The molecule has 1 amide bonds. The molecule has 120 valence electrons. The number of benzene rings is 1. The Labute approximate surface area is 135 Å². The summed E-state index contributed by atoms with van der Waals surface area (Å²) in [5.74, 6) is -0.753. The maximum atomic E-state index is 11.9. The molecule has 0 N–H and O–H groups in total. The zero-order valence-corrected chi connectivity index (χ0v) is 12.7. The minimum atomic E-state index is -0.691. The van der Waals surface area contributed by atoms with E-state index in [4.69, 9.17) is 14.7 Å². The fourth-order valence-corrected chi connectivity index (χ4v) is 1.69. The lowest BCUT2D eigenvalue weighted by Crippen LogP contribution is -2.35. The van der Waals surface area contributed by atoms with Crippen LogP contribution in [0.25, 0.3) is 0 Å². The lowest BCUT2D eigenvalue weighted by Gasteiger charge is -2.18. The van der Waals surface area contributed by atoms with E-state index in [1.165, 1.54) is 4.90 Å². The van der Waals surface area contributed by atoms with Gasteiger partial charge in [0.2, 0.25) is 0 Å². The predicted octanol–water partition coefficient (Wildman–Crippen LogP) is 1.68. The van der Waals surface area contributed by atoms with Gasteiger partial charge in [0.25, 0.3) is 5.91 Å². The fourth-order valence-electron chi connectivity index (χ4n) is 1.69. The lowest BCUT2D eigenvalue weighted by atomic mass is 10.2. The monoisotopic (exact) mass is 314 g/mol. The minimum absolute atomic E-state index is 0.290. The van der Waals surface area contributed by atoms with Gasteiger partial charge >= 0.3 is 5.97 Å². The number of ether oxygens (including phenoxy) is 2. The first kappa shape index (κ1) is 18.0. The van der Waals surface area contributed by atoms with Crippen LogP contribution in [0.4, 0.5) is 0 Å². The third-order valence-corrected chi connectivity index (χ3v) is 2.76. The maximum absolute atomic E-state index is 11.9. The molecule has 0 aliphatic carbocycles. The van der Waals surface area contributed by atoms with Crippen LogP contribution in [-0.2, 0) is 14.3 Å². The van der Waals surface area contributed by atoms with E-state index in [0.29, 0.717) is 24.4 Å². The average molecular weight is 314 g/mol. The molecular weight excluding hydrogens is 296 g/mol. The van der Waals surface area contributed by atoms with Crippen LogP contribution in [-0.4, -0.2) is 43.1 Å². The predicted molar refractivity (Wildman–Crippen MR) is 84.6 cm³/mol. The summed E-state index contributed by atoms with van der Waals surface area (Å²) in [6.07, 6.45) is 3.15. The number of amides is 1. The smallest absolute Gasteiger partial charge is 0.344 e. The molecule has 0 spiro atoms. The van der Waals surface area contributed by atoms with Crippen molar-refractivity contribution in [1.29, 1.82) is 5.26 Å². The summed E-state index contributed by atoms with van der Waals surface area (Å²) in [5, 5.41) is 8.91. The molecular formula is C17H18N2O4. The molecule has 6 nitrogen and oxygen atoms in total. The summed E-state index contributed by atoms with van der Waals surface area (Å²) in [7, 11) is 0. The quantitative estimate of drug-likeness (QED) is 0.512. The third-order valence-electron chi connectivity index (χ3n) is 2.76. The van der Waals surface area contributed by atoms with Crippen molar-refractivity contribution in [3.63, 3.8) is 0 Å². The molecule has 0 radical (unpaired) electrons. The number of carbonyl (C=O) groups excluding carboxylic acids is 2. The van der Waals surface area contributed by atoms with Crippen LogP contribution in [0.2, 0.25) is 0 Å². The van der Waals surface area contributed by atoms with Crippen molar-refractivity contribution >= 4 is 11.9 Å². The van der Waals surface area contributed by atoms with Crippen molar-refractivity contribution in [2.75, 3.05) is 26.3 Å². The van der Waals surface area contributed by atoms with Gasteiger partial charge in [-0.15, -0.1) is 13.2 Å². The Morgan fingerprint density at radius 2 is 1.83 bits per heavy atom. The van der Waals surface area contributed by atoms with Crippen LogP contribution < -0.4 is 4.74 Å². The van der Waals surface area contributed by atoms with Crippen molar-refractivity contribution in [3.05, 3.63) is 55.1 Å². The molecule has 23 heavy (non-hydrogen) atoms. The average Bonchev–Trinajstić information content (AvgIpc) is 2.57. The van der Waals surface area contributed by atoms with Crippen LogP contribution in [0.5, 0.6) is 5.75 Å². The van der Waals surface area contributed by atoms with Gasteiger partial charge in [0.1, 0.15) is 11.8 Å². The standard InChI is InChI=1S/C17H18N2O4/c1-3-9-19(10-4-2)16(20)12-23-17(21)13-22-15-8-6-5-7-14(15)11-18/h3-8H,1-2,9-10,12-13H2. The lowest BCUT2D eigenvalue weighted by molar-refractivity contribution is -0.153. The van der Waals surface area contributed by atoms with Gasteiger partial charge in [0, 0.05) is 13.1 Å². The zero-order valence-electron chi connectivity index (χ0n) is 12.7. The van der Waals surface area contributed by atoms with E-state index < -0.39 is 5.97 Å². The first-order valence-electron chi connectivity index (χ1n) is 6.89. The highest BCUT2D eigenvalue weighted by Crippen LogP contribution is 2.16. The highest BCUT2D eigenvalue weighted by molar-refractivity contribution is 5.81. The Kier molecular flexibility index (Phi) is 7.65. The Morgan fingerprint density at radius 1 is 1.17 bits per heavy atom. The van der Waals surface area contributed by atoms with E-state index in [0.717, 1.165) is 0 Å². The summed E-state index contributed by atoms with van der Waals surface area (Å²) in [6, 6.07) is 8.49. The Hall–Kier alpha value is -3.07. The second-order valence-corrected chi connectivity index (χ2v) is 4.43. The van der Waals surface area contributed by atoms with Crippen LogP contribution in [0.3, 0.4) is 0 Å².